The molecule has 2 rings (SSSR count). The maximum absolute atomic E-state index is 11.0. The summed E-state index contributed by atoms with van der Waals surface area (Å²) in [5, 5.41) is 2.23. The number of rotatable bonds is 6. The third-order valence-corrected chi connectivity index (χ3v) is 4.08. The highest BCUT2D eigenvalue weighted by Crippen LogP contribution is 2.27. The molecule has 1 aliphatic rings. The van der Waals surface area contributed by atoms with Crippen LogP contribution in [0.25, 0.3) is 0 Å². The van der Waals surface area contributed by atoms with Crippen molar-refractivity contribution in [1.29, 1.82) is 0 Å². The van der Waals surface area contributed by atoms with Gasteiger partial charge in [-0.25, -0.2) is 0 Å². The molecule has 0 heterocycles. The van der Waals surface area contributed by atoms with Crippen LogP contribution in [0.2, 0.25) is 0 Å². The van der Waals surface area contributed by atoms with Gasteiger partial charge in [-0.15, -0.1) is 0 Å². The normalized spacial score (nSPS) is 25.5. The van der Waals surface area contributed by atoms with E-state index in [1.807, 2.05) is 18.2 Å². The number of ether oxygens (including phenoxy) is 2. The molecule has 1 aromatic carbocycles. The molecule has 5 heteroatoms. The number of hydrogen-bond acceptors (Lipinski definition) is 3. The molecule has 0 unspecified atom stereocenters. The zero-order valence-electron chi connectivity index (χ0n) is 12.3. The third kappa shape index (κ3) is 5.30. The fraction of sp³-hybridized carbons (Fsp3) is 0.562. The second-order valence-corrected chi connectivity index (χ2v) is 5.82. The number of halogens is 1. The molecule has 4 nitrogen and oxygen atoms in total. The van der Waals surface area contributed by atoms with Gasteiger partial charge in [0.15, 0.2) is 0 Å². The number of carbonyl (C=O) groups excluding carboxylic acids is 1. The Bertz CT molecular complexity index is 440. The Morgan fingerprint density at radius 1 is 1.33 bits per heavy atom. The molecule has 0 bridgehead atoms. The Balaban J connectivity index is 1.74. The largest absolute Gasteiger partial charge is 0.379 e. The quantitative estimate of drug-likeness (QED) is 0.647. The van der Waals surface area contributed by atoms with Crippen LogP contribution in [0.3, 0.4) is 0 Å². The Labute approximate surface area is 130 Å². The van der Waals surface area contributed by atoms with Gasteiger partial charge in [0.05, 0.1) is 18.8 Å². The van der Waals surface area contributed by atoms with Crippen molar-refractivity contribution in [2.24, 2.45) is 5.92 Å². The molecule has 0 saturated heterocycles. The van der Waals surface area contributed by atoms with Crippen LogP contribution in [-0.2, 0) is 16.1 Å². The van der Waals surface area contributed by atoms with E-state index >= 15 is 0 Å². The topological polar surface area (TPSA) is 47.6 Å². The smallest absolute Gasteiger partial charge is 0.314 e. The van der Waals surface area contributed by atoms with Crippen LogP contribution in [0.5, 0.6) is 0 Å². The van der Waals surface area contributed by atoms with E-state index in [-0.39, 0.29) is 12.1 Å². The second kappa shape index (κ2) is 8.37. The molecular weight excluding hydrogens is 290 g/mol. The van der Waals surface area contributed by atoms with Gasteiger partial charge in [0.1, 0.15) is 0 Å². The highest BCUT2D eigenvalue weighted by Gasteiger charge is 2.31. The predicted molar refractivity (Wildman–Crippen MR) is 82.4 cm³/mol. The van der Waals surface area contributed by atoms with Crippen molar-refractivity contribution < 1.29 is 14.3 Å². The molecule has 0 aromatic heterocycles. The summed E-state index contributed by atoms with van der Waals surface area (Å²) >= 11 is 5.39. The van der Waals surface area contributed by atoms with E-state index in [4.69, 9.17) is 21.1 Å². The van der Waals surface area contributed by atoms with Crippen molar-refractivity contribution in [3.8, 4) is 0 Å². The van der Waals surface area contributed by atoms with Crippen LogP contribution in [0.4, 0.5) is 4.79 Å². The van der Waals surface area contributed by atoms with Crippen molar-refractivity contribution in [3.05, 3.63) is 35.9 Å². The lowest BCUT2D eigenvalue weighted by molar-refractivity contribution is -0.00231. The number of carbonyl (C=O) groups is 1. The van der Waals surface area contributed by atoms with Gasteiger partial charge in [0.2, 0.25) is 0 Å². The summed E-state index contributed by atoms with van der Waals surface area (Å²) in [7, 11) is 1.67. The van der Waals surface area contributed by atoms with E-state index in [0.717, 1.165) is 25.9 Å². The Kier molecular flexibility index (Phi) is 6.49. The first-order valence-corrected chi connectivity index (χ1v) is 7.67. The standard InChI is InChI=1S/C16H22ClNO3/c1-20-15-9-13(7-8-14(15)18-16(17)19)11-21-10-12-5-3-2-4-6-12/h2-6,13-15H,7-11H2,1H3,(H,18,19)/t13-,14-,15-/m0/s1. The van der Waals surface area contributed by atoms with Crippen LogP contribution < -0.4 is 5.32 Å². The van der Waals surface area contributed by atoms with Crippen molar-refractivity contribution >= 4 is 17.0 Å². The maximum Gasteiger partial charge on any atom is 0.314 e. The minimum absolute atomic E-state index is 0.00498. The van der Waals surface area contributed by atoms with Crippen LogP contribution in [0, 0.1) is 5.92 Å². The van der Waals surface area contributed by atoms with Crippen LogP contribution in [0.15, 0.2) is 30.3 Å². The molecule has 21 heavy (non-hydrogen) atoms. The van der Waals surface area contributed by atoms with Gasteiger partial charge in [-0.1, -0.05) is 30.3 Å². The molecule has 0 radical (unpaired) electrons. The monoisotopic (exact) mass is 311 g/mol. The first-order chi connectivity index (χ1) is 10.2. The van der Waals surface area contributed by atoms with Crippen LogP contribution in [-0.4, -0.2) is 31.2 Å². The molecule has 3 atom stereocenters. The molecule has 0 spiro atoms. The summed E-state index contributed by atoms with van der Waals surface area (Å²) in [6.45, 7) is 1.35. The number of methoxy groups -OCH3 is 1. The number of nitrogens with one attached hydrogen (secondary N) is 1. The van der Waals surface area contributed by atoms with E-state index in [1.165, 1.54) is 5.56 Å². The van der Waals surface area contributed by atoms with Crippen molar-refractivity contribution in [3.63, 3.8) is 0 Å². The van der Waals surface area contributed by atoms with E-state index in [1.54, 1.807) is 7.11 Å². The lowest BCUT2D eigenvalue weighted by atomic mass is 9.84. The fourth-order valence-corrected chi connectivity index (χ4v) is 2.99. The Hall–Kier alpha value is -1.10. The predicted octanol–water partition coefficient (Wildman–Crippen LogP) is 3.34. The number of benzene rings is 1. The van der Waals surface area contributed by atoms with E-state index in [9.17, 15) is 4.79 Å². The summed E-state index contributed by atoms with van der Waals surface area (Å²) in [6, 6.07) is 10.2. The molecule has 1 fully saturated rings. The van der Waals surface area contributed by atoms with Gasteiger partial charge < -0.3 is 14.8 Å². The average molecular weight is 312 g/mol. The molecule has 116 valence electrons. The molecule has 0 aliphatic heterocycles. The highest BCUT2D eigenvalue weighted by molar-refractivity contribution is 6.63. The summed E-state index contributed by atoms with van der Waals surface area (Å²) in [5.41, 5.74) is 1.18. The maximum atomic E-state index is 11.0. The molecule has 1 aromatic rings. The third-order valence-electron chi connectivity index (χ3n) is 3.97. The lowest BCUT2D eigenvalue weighted by Gasteiger charge is -2.35. The van der Waals surface area contributed by atoms with Crippen molar-refractivity contribution in [2.75, 3.05) is 13.7 Å². The second-order valence-electron chi connectivity index (χ2n) is 5.48. The molecule has 1 aliphatic carbocycles. The minimum atomic E-state index is -0.513. The van der Waals surface area contributed by atoms with Gasteiger partial charge >= 0.3 is 5.37 Å². The van der Waals surface area contributed by atoms with Crippen LogP contribution in [0.1, 0.15) is 24.8 Å². The first-order valence-electron chi connectivity index (χ1n) is 7.29. The molecule has 1 N–H and O–H groups in total. The highest BCUT2D eigenvalue weighted by atomic mass is 35.5. The lowest BCUT2D eigenvalue weighted by Crippen LogP contribution is -2.46. The minimum Gasteiger partial charge on any atom is -0.379 e. The summed E-state index contributed by atoms with van der Waals surface area (Å²) in [4.78, 5) is 11.0. The first kappa shape index (κ1) is 16.3. The van der Waals surface area contributed by atoms with Gasteiger partial charge in [-0.05, 0) is 42.3 Å². The summed E-state index contributed by atoms with van der Waals surface area (Å²) in [5.74, 6) is 0.460. The van der Waals surface area contributed by atoms with Crippen molar-refractivity contribution in [1.82, 2.24) is 5.32 Å². The summed E-state index contributed by atoms with van der Waals surface area (Å²) < 4.78 is 11.3. The van der Waals surface area contributed by atoms with Crippen molar-refractivity contribution in [2.45, 2.75) is 38.0 Å². The zero-order valence-corrected chi connectivity index (χ0v) is 13.0. The average Bonchev–Trinajstić information content (AvgIpc) is 2.49. The van der Waals surface area contributed by atoms with Gasteiger partial charge in [-0.2, -0.15) is 0 Å². The zero-order chi connectivity index (χ0) is 15.1. The van der Waals surface area contributed by atoms with E-state index in [2.05, 4.69) is 17.4 Å². The van der Waals surface area contributed by atoms with Gasteiger partial charge in [0.25, 0.3) is 0 Å². The van der Waals surface area contributed by atoms with Crippen LogP contribution >= 0.6 is 11.6 Å². The SMILES string of the molecule is CO[C@H]1C[C@@H](COCc2ccccc2)CC[C@@H]1NC(=O)Cl. The van der Waals surface area contributed by atoms with Gasteiger partial charge in [-0.3, -0.25) is 4.79 Å². The number of hydrogen-bond donors (Lipinski definition) is 1. The molecule has 1 amide bonds. The van der Waals surface area contributed by atoms with Gasteiger partial charge in [0, 0.05) is 13.7 Å². The summed E-state index contributed by atoms with van der Waals surface area (Å²) in [6.07, 6.45) is 2.77. The fourth-order valence-electron chi connectivity index (χ4n) is 2.85. The molecule has 1 saturated carbocycles. The van der Waals surface area contributed by atoms with E-state index < -0.39 is 5.37 Å². The Morgan fingerprint density at radius 2 is 2.10 bits per heavy atom. The Morgan fingerprint density at radius 3 is 2.76 bits per heavy atom. The molecular formula is C16H22ClNO3. The van der Waals surface area contributed by atoms with E-state index in [0.29, 0.717) is 12.5 Å². The number of amides is 1.